The third kappa shape index (κ3) is 3.44. The zero-order valence-electron chi connectivity index (χ0n) is 12.7. The van der Waals surface area contributed by atoms with Crippen molar-refractivity contribution in [3.05, 3.63) is 34.9 Å². The predicted molar refractivity (Wildman–Crippen MR) is 63.2 cm³/mol. The minimum Gasteiger partial charge on any atom is -0.369 e. The zero-order chi connectivity index (χ0) is 21.9. The minimum atomic E-state index is -6.40. The Labute approximate surface area is 142 Å². The molecule has 0 bridgehead atoms. The van der Waals surface area contributed by atoms with Gasteiger partial charge in [0.25, 0.3) is 11.2 Å². The van der Waals surface area contributed by atoms with Crippen LogP contribution < -0.4 is 0 Å². The first-order chi connectivity index (χ1) is 11.6. The van der Waals surface area contributed by atoms with Gasteiger partial charge in [-0.15, -0.1) is 0 Å². The van der Waals surface area contributed by atoms with E-state index in [2.05, 4.69) is 0 Å². The van der Waals surface area contributed by atoms with Gasteiger partial charge in [0.15, 0.2) is 0 Å². The number of benzene rings is 1. The van der Waals surface area contributed by atoms with E-state index < -0.39 is 64.7 Å². The third-order valence-corrected chi connectivity index (χ3v) is 3.67. The van der Waals surface area contributed by atoms with Crippen LogP contribution in [-0.2, 0) is 11.2 Å². The summed E-state index contributed by atoms with van der Waals surface area (Å²) in [6.45, 7) is 0.314. The lowest BCUT2D eigenvalue weighted by molar-refractivity contribution is -0.378. The van der Waals surface area contributed by atoms with Crippen molar-refractivity contribution >= 4 is 0 Å². The van der Waals surface area contributed by atoms with E-state index in [0.29, 0.717) is 6.92 Å². The number of hydrogen-bond acceptors (Lipinski definition) is 2. The molecule has 0 unspecified atom stereocenters. The summed E-state index contributed by atoms with van der Waals surface area (Å²) in [5.41, 5.74) is -16.7. The number of hydrogen-bond donors (Lipinski definition) is 2. The van der Waals surface area contributed by atoms with E-state index in [4.69, 9.17) is 5.11 Å². The van der Waals surface area contributed by atoms with Gasteiger partial charge in [-0.05, 0) is 12.5 Å². The largest absolute Gasteiger partial charge is 0.430 e. The molecule has 2 N–H and O–H groups in total. The first-order valence-electron chi connectivity index (χ1n) is 6.45. The lowest BCUT2D eigenvalue weighted by Gasteiger charge is -2.36. The van der Waals surface area contributed by atoms with Crippen LogP contribution >= 0.6 is 0 Å². The summed E-state index contributed by atoms with van der Waals surface area (Å²) in [7, 11) is 0. The average Bonchev–Trinajstić information content (AvgIpc) is 2.40. The Hall–Kier alpha value is -1.70. The lowest BCUT2D eigenvalue weighted by Crippen LogP contribution is -2.55. The number of alkyl halides is 12. The van der Waals surface area contributed by atoms with Crippen LogP contribution in [0.1, 0.15) is 16.7 Å². The van der Waals surface area contributed by atoms with Crippen LogP contribution in [0.2, 0.25) is 0 Å². The highest BCUT2D eigenvalue weighted by molar-refractivity contribution is 5.40. The van der Waals surface area contributed by atoms with Crippen molar-refractivity contribution in [1.29, 1.82) is 0 Å². The molecule has 0 radical (unpaired) electrons. The summed E-state index contributed by atoms with van der Waals surface area (Å²) in [6, 6.07) is -1.20. The Kier molecular flexibility index (Phi) is 5.32. The smallest absolute Gasteiger partial charge is 0.369 e. The van der Waals surface area contributed by atoms with Gasteiger partial charge in [0.05, 0.1) is 0 Å². The van der Waals surface area contributed by atoms with Crippen molar-refractivity contribution in [2.75, 3.05) is 0 Å². The monoisotopic (exact) mass is 424 g/mol. The maximum atomic E-state index is 12.8. The fourth-order valence-electron chi connectivity index (χ4n) is 2.25. The molecule has 27 heavy (non-hydrogen) atoms. The summed E-state index contributed by atoms with van der Waals surface area (Å²) in [4.78, 5) is 0. The fourth-order valence-corrected chi connectivity index (χ4v) is 2.25. The molecule has 1 aromatic rings. The molecule has 0 fully saturated rings. The lowest BCUT2D eigenvalue weighted by atomic mass is 9.84. The highest BCUT2D eigenvalue weighted by Crippen LogP contribution is 2.53. The molecule has 0 saturated carbocycles. The molecule has 0 aliphatic rings. The van der Waals surface area contributed by atoms with E-state index in [9.17, 15) is 57.8 Å². The Morgan fingerprint density at radius 3 is 1.19 bits per heavy atom. The molecule has 2 nitrogen and oxygen atoms in total. The molecule has 0 atom stereocenters. The summed E-state index contributed by atoms with van der Waals surface area (Å²) in [5.74, 6) is 0. The molecule has 14 heteroatoms. The molecule has 1 rings (SSSR count). The van der Waals surface area contributed by atoms with E-state index >= 15 is 0 Å². The van der Waals surface area contributed by atoms with Gasteiger partial charge in [-0.3, -0.25) is 0 Å². The molecule has 0 aliphatic heterocycles. The zero-order valence-corrected chi connectivity index (χ0v) is 12.7. The SMILES string of the molecule is Cc1cc(C(O)(C(F)(F)F)C(F)(F)F)ccc1C(O)(C(F)(F)F)C(F)(F)F. The second-order valence-electron chi connectivity index (χ2n) is 5.44. The first-order valence-corrected chi connectivity index (χ1v) is 6.45. The van der Waals surface area contributed by atoms with E-state index in [1.165, 1.54) is 0 Å². The Morgan fingerprint density at radius 2 is 0.926 bits per heavy atom. The van der Waals surface area contributed by atoms with Crippen LogP contribution in [0.15, 0.2) is 18.2 Å². The second kappa shape index (κ2) is 6.15. The number of rotatable bonds is 2. The van der Waals surface area contributed by atoms with Crippen LogP contribution in [0, 0.1) is 6.92 Å². The summed E-state index contributed by atoms with van der Waals surface area (Å²) >= 11 is 0. The molecule has 0 saturated heterocycles. The molecule has 0 spiro atoms. The van der Waals surface area contributed by atoms with Gasteiger partial charge in [-0.25, -0.2) is 0 Å². The number of halogens is 12. The van der Waals surface area contributed by atoms with E-state index in [1.807, 2.05) is 0 Å². The van der Waals surface area contributed by atoms with Crippen LogP contribution in [0.4, 0.5) is 52.7 Å². The van der Waals surface area contributed by atoms with Gasteiger partial charge in [0.1, 0.15) is 0 Å². The van der Waals surface area contributed by atoms with Gasteiger partial charge < -0.3 is 10.2 Å². The van der Waals surface area contributed by atoms with Crippen molar-refractivity contribution < 1.29 is 62.9 Å². The standard InChI is InChI=1S/C13H8F12O2/c1-5-4-6(8(26,10(14,15)16)11(17,18)19)2-3-7(5)9(27,12(20,21)22)13(23,24)25/h2-4,26-27H,1H3. The van der Waals surface area contributed by atoms with Crippen molar-refractivity contribution in [3.8, 4) is 0 Å². The normalized spacial score (nSPS) is 15.2. The summed E-state index contributed by atoms with van der Waals surface area (Å²) < 4.78 is 153. The highest BCUT2D eigenvalue weighted by atomic mass is 19.4. The van der Waals surface area contributed by atoms with E-state index in [-0.39, 0.29) is 6.07 Å². The van der Waals surface area contributed by atoms with Crippen LogP contribution in [0.25, 0.3) is 0 Å². The van der Waals surface area contributed by atoms with Crippen molar-refractivity contribution in [1.82, 2.24) is 0 Å². The van der Waals surface area contributed by atoms with Gasteiger partial charge in [0, 0.05) is 11.1 Å². The predicted octanol–water partition coefficient (Wildman–Crippen LogP) is 4.62. The van der Waals surface area contributed by atoms with Crippen LogP contribution in [-0.4, -0.2) is 34.9 Å². The Balaban J connectivity index is 3.77. The molecule has 0 amide bonds. The van der Waals surface area contributed by atoms with Gasteiger partial charge in [-0.2, -0.15) is 52.7 Å². The molecule has 1 aromatic carbocycles. The topological polar surface area (TPSA) is 40.5 Å². The average molecular weight is 424 g/mol. The minimum absolute atomic E-state index is 0.314. The molecule has 0 heterocycles. The Bertz CT molecular complexity index is 667. The summed E-state index contributed by atoms with van der Waals surface area (Å²) in [6.07, 6.45) is -25.6. The molecular weight excluding hydrogens is 416 g/mol. The fraction of sp³-hybridized carbons (Fsp3) is 0.538. The third-order valence-electron chi connectivity index (χ3n) is 3.67. The molecule has 0 aromatic heterocycles. The highest BCUT2D eigenvalue weighted by Gasteiger charge is 2.73. The Morgan fingerprint density at radius 1 is 0.593 bits per heavy atom. The quantitative estimate of drug-likeness (QED) is 0.681. The molecule has 156 valence electrons. The van der Waals surface area contributed by atoms with Crippen molar-refractivity contribution in [2.45, 2.75) is 42.8 Å². The molecular formula is C13H8F12O2. The molecule has 0 aliphatic carbocycles. The number of aryl methyl sites for hydroxylation is 1. The maximum Gasteiger partial charge on any atom is 0.430 e. The first kappa shape index (κ1) is 23.3. The summed E-state index contributed by atoms with van der Waals surface area (Å²) in [5, 5.41) is 18.3. The van der Waals surface area contributed by atoms with E-state index in [1.54, 1.807) is 0 Å². The van der Waals surface area contributed by atoms with E-state index in [0.717, 1.165) is 0 Å². The van der Waals surface area contributed by atoms with Crippen LogP contribution in [0.3, 0.4) is 0 Å². The van der Waals surface area contributed by atoms with Crippen LogP contribution in [0.5, 0.6) is 0 Å². The van der Waals surface area contributed by atoms with Gasteiger partial charge in [-0.1, -0.05) is 18.2 Å². The maximum absolute atomic E-state index is 12.8. The van der Waals surface area contributed by atoms with Crippen molar-refractivity contribution in [2.24, 2.45) is 0 Å². The van der Waals surface area contributed by atoms with Gasteiger partial charge >= 0.3 is 24.7 Å². The second-order valence-corrected chi connectivity index (χ2v) is 5.44. The van der Waals surface area contributed by atoms with Crippen molar-refractivity contribution in [3.63, 3.8) is 0 Å². The van der Waals surface area contributed by atoms with Gasteiger partial charge in [0.2, 0.25) is 0 Å². The number of aliphatic hydroxyl groups is 2.